The fourth-order valence-electron chi connectivity index (χ4n) is 0.839. The van der Waals surface area contributed by atoms with Crippen molar-refractivity contribution in [3.63, 3.8) is 0 Å². The maximum absolute atomic E-state index is 7.00. The SMILES string of the molecule is CC1CCOC1C.CO. The molecule has 1 saturated heterocycles. The van der Waals surface area contributed by atoms with Crippen molar-refractivity contribution >= 4 is 0 Å². The van der Waals surface area contributed by atoms with Crippen LogP contribution in [-0.4, -0.2) is 24.9 Å². The summed E-state index contributed by atoms with van der Waals surface area (Å²) in [7, 11) is 1.00. The van der Waals surface area contributed by atoms with E-state index in [4.69, 9.17) is 9.84 Å². The minimum atomic E-state index is 0.514. The second kappa shape index (κ2) is 4.77. The van der Waals surface area contributed by atoms with Crippen molar-refractivity contribution in [2.45, 2.75) is 26.4 Å². The molecule has 2 nitrogen and oxygen atoms in total. The van der Waals surface area contributed by atoms with Crippen LogP contribution in [0.15, 0.2) is 0 Å². The van der Waals surface area contributed by atoms with Gasteiger partial charge in [-0.05, 0) is 19.3 Å². The van der Waals surface area contributed by atoms with Crippen molar-refractivity contribution < 1.29 is 9.84 Å². The van der Waals surface area contributed by atoms with Gasteiger partial charge >= 0.3 is 0 Å². The van der Waals surface area contributed by atoms with Crippen LogP contribution in [-0.2, 0) is 4.74 Å². The molecule has 1 fully saturated rings. The zero-order chi connectivity index (χ0) is 7.28. The number of aliphatic hydroxyl groups excluding tert-OH is 1. The number of hydrogen-bond acceptors (Lipinski definition) is 2. The molecule has 2 heteroatoms. The van der Waals surface area contributed by atoms with Gasteiger partial charge in [-0.2, -0.15) is 0 Å². The Kier molecular flexibility index (Phi) is 4.72. The van der Waals surface area contributed by atoms with Gasteiger partial charge in [0, 0.05) is 13.7 Å². The Labute approximate surface area is 56.8 Å². The van der Waals surface area contributed by atoms with Crippen LogP contribution in [0.1, 0.15) is 20.3 Å². The van der Waals surface area contributed by atoms with Gasteiger partial charge in [-0.25, -0.2) is 0 Å². The second-order valence-corrected chi connectivity index (χ2v) is 2.34. The summed E-state index contributed by atoms with van der Waals surface area (Å²) < 4.78 is 5.27. The van der Waals surface area contributed by atoms with Crippen molar-refractivity contribution in [2.24, 2.45) is 5.92 Å². The normalized spacial score (nSPS) is 33.3. The van der Waals surface area contributed by atoms with Crippen LogP contribution in [0.5, 0.6) is 0 Å². The highest BCUT2D eigenvalue weighted by molar-refractivity contribution is 4.66. The van der Waals surface area contributed by atoms with E-state index < -0.39 is 0 Å². The first-order valence-electron chi connectivity index (χ1n) is 3.37. The maximum atomic E-state index is 7.00. The van der Waals surface area contributed by atoms with Crippen LogP contribution in [0, 0.1) is 5.92 Å². The van der Waals surface area contributed by atoms with Crippen LogP contribution < -0.4 is 0 Å². The zero-order valence-corrected chi connectivity index (χ0v) is 6.42. The van der Waals surface area contributed by atoms with Crippen molar-refractivity contribution in [3.8, 4) is 0 Å². The van der Waals surface area contributed by atoms with Gasteiger partial charge in [-0.15, -0.1) is 0 Å². The molecule has 0 aromatic heterocycles. The Hall–Kier alpha value is -0.0800. The van der Waals surface area contributed by atoms with Gasteiger partial charge in [-0.3, -0.25) is 0 Å². The summed E-state index contributed by atoms with van der Waals surface area (Å²) in [5.41, 5.74) is 0. The van der Waals surface area contributed by atoms with Gasteiger partial charge < -0.3 is 9.84 Å². The number of ether oxygens (including phenoxy) is 1. The monoisotopic (exact) mass is 132 g/mol. The number of rotatable bonds is 0. The third-order valence-corrected chi connectivity index (χ3v) is 1.76. The van der Waals surface area contributed by atoms with Crippen LogP contribution >= 0.6 is 0 Å². The molecule has 2 atom stereocenters. The van der Waals surface area contributed by atoms with E-state index in [1.54, 1.807) is 0 Å². The number of hydrogen-bond donors (Lipinski definition) is 1. The van der Waals surface area contributed by atoms with E-state index in [0.29, 0.717) is 6.10 Å². The predicted molar refractivity (Wildman–Crippen MR) is 37.3 cm³/mol. The lowest BCUT2D eigenvalue weighted by atomic mass is 10.1. The Bertz CT molecular complexity index is 55.9. The molecule has 2 unspecified atom stereocenters. The quantitative estimate of drug-likeness (QED) is 0.533. The average molecular weight is 132 g/mol. The molecule has 0 aromatic carbocycles. The molecule has 0 bridgehead atoms. The minimum Gasteiger partial charge on any atom is -0.400 e. The molecule has 0 radical (unpaired) electrons. The molecule has 56 valence electrons. The predicted octanol–water partition coefficient (Wildman–Crippen LogP) is 1.04. The molecular weight excluding hydrogens is 116 g/mol. The van der Waals surface area contributed by atoms with Gasteiger partial charge in [0.1, 0.15) is 0 Å². The fraction of sp³-hybridized carbons (Fsp3) is 1.00. The Balaban J connectivity index is 0.000000291. The van der Waals surface area contributed by atoms with Crippen molar-refractivity contribution in [3.05, 3.63) is 0 Å². The molecule has 1 rings (SSSR count). The van der Waals surface area contributed by atoms with E-state index in [0.717, 1.165) is 19.6 Å². The van der Waals surface area contributed by atoms with Crippen molar-refractivity contribution in [1.29, 1.82) is 0 Å². The second-order valence-electron chi connectivity index (χ2n) is 2.34. The first-order chi connectivity index (χ1) is 4.30. The lowest BCUT2D eigenvalue weighted by Gasteiger charge is -2.04. The van der Waals surface area contributed by atoms with Crippen molar-refractivity contribution in [1.82, 2.24) is 0 Å². The Morgan fingerprint density at radius 1 is 1.33 bits per heavy atom. The van der Waals surface area contributed by atoms with Crippen LogP contribution in [0.2, 0.25) is 0 Å². The van der Waals surface area contributed by atoms with Crippen LogP contribution in [0.3, 0.4) is 0 Å². The summed E-state index contributed by atoms with van der Waals surface area (Å²) in [6.07, 6.45) is 1.77. The van der Waals surface area contributed by atoms with E-state index >= 15 is 0 Å². The van der Waals surface area contributed by atoms with Crippen molar-refractivity contribution in [2.75, 3.05) is 13.7 Å². The summed E-state index contributed by atoms with van der Waals surface area (Å²) in [5.74, 6) is 0.792. The maximum Gasteiger partial charge on any atom is 0.0573 e. The fourth-order valence-corrected chi connectivity index (χ4v) is 0.839. The standard InChI is InChI=1S/C6H12O.CH4O/c1-5-3-4-7-6(5)2;1-2/h5-6H,3-4H2,1-2H3;2H,1H3. The zero-order valence-electron chi connectivity index (χ0n) is 6.42. The van der Waals surface area contributed by atoms with Gasteiger partial charge in [0.05, 0.1) is 6.10 Å². The highest BCUT2D eigenvalue weighted by Crippen LogP contribution is 2.18. The molecule has 0 amide bonds. The minimum absolute atomic E-state index is 0.514. The molecule has 0 aromatic rings. The first kappa shape index (κ1) is 8.92. The Morgan fingerprint density at radius 3 is 2.00 bits per heavy atom. The molecule has 0 saturated carbocycles. The molecule has 1 N–H and O–H groups in total. The smallest absolute Gasteiger partial charge is 0.0573 e. The first-order valence-corrected chi connectivity index (χ1v) is 3.37. The summed E-state index contributed by atoms with van der Waals surface area (Å²) >= 11 is 0. The Morgan fingerprint density at radius 2 is 1.89 bits per heavy atom. The third-order valence-electron chi connectivity index (χ3n) is 1.76. The lowest BCUT2D eigenvalue weighted by Crippen LogP contribution is -2.05. The van der Waals surface area contributed by atoms with E-state index in [2.05, 4.69) is 13.8 Å². The number of aliphatic hydroxyl groups is 1. The van der Waals surface area contributed by atoms with Crippen LogP contribution in [0.25, 0.3) is 0 Å². The molecular formula is C7H16O2. The summed E-state index contributed by atoms with van der Waals surface area (Å²) in [4.78, 5) is 0. The molecule has 1 aliphatic rings. The van der Waals surface area contributed by atoms with E-state index in [-0.39, 0.29) is 0 Å². The largest absolute Gasteiger partial charge is 0.400 e. The van der Waals surface area contributed by atoms with E-state index in [1.165, 1.54) is 6.42 Å². The molecule has 1 heterocycles. The van der Waals surface area contributed by atoms with Gasteiger partial charge in [-0.1, -0.05) is 6.92 Å². The van der Waals surface area contributed by atoms with E-state index in [1.807, 2.05) is 0 Å². The van der Waals surface area contributed by atoms with Crippen LogP contribution in [0.4, 0.5) is 0 Å². The topological polar surface area (TPSA) is 29.5 Å². The highest BCUT2D eigenvalue weighted by atomic mass is 16.5. The third kappa shape index (κ3) is 2.82. The summed E-state index contributed by atoms with van der Waals surface area (Å²) in [6.45, 7) is 5.34. The highest BCUT2D eigenvalue weighted by Gasteiger charge is 2.18. The molecule has 9 heavy (non-hydrogen) atoms. The molecule has 0 spiro atoms. The average Bonchev–Trinajstić information content (AvgIpc) is 2.23. The lowest BCUT2D eigenvalue weighted by molar-refractivity contribution is 0.109. The van der Waals surface area contributed by atoms with E-state index in [9.17, 15) is 0 Å². The van der Waals surface area contributed by atoms with Gasteiger partial charge in [0.2, 0.25) is 0 Å². The summed E-state index contributed by atoms with van der Waals surface area (Å²) in [5, 5.41) is 7.00. The van der Waals surface area contributed by atoms with Gasteiger partial charge in [0.25, 0.3) is 0 Å². The molecule has 1 aliphatic heterocycles. The summed E-state index contributed by atoms with van der Waals surface area (Å²) in [6, 6.07) is 0. The molecule has 0 aliphatic carbocycles. The van der Waals surface area contributed by atoms with Gasteiger partial charge in [0.15, 0.2) is 0 Å².